The van der Waals surface area contributed by atoms with E-state index < -0.39 is 11.7 Å². The fraction of sp³-hybridized carbons (Fsp3) is 0.0769. The number of carbonyl (C=O) groups excluding carboxylic acids is 2. The molecule has 1 N–H and O–H groups in total. The molecule has 0 saturated carbocycles. The highest BCUT2D eigenvalue weighted by molar-refractivity contribution is 9.10. The minimum Gasteiger partial charge on any atom is -0.468 e. The lowest BCUT2D eigenvalue weighted by Gasteiger charge is -2.06. The van der Waals surface area contributed by atoms with Crippen LogP contribution in [0.5, 0.6) is 0 Å². The second kappa shape index (κ2) is 4.54. The summed E-state index contributed by atoms with van der Waals surface area (Å²) >= 11 is 4.94. The quantitative estimate of drug-likeness (QED) is 0.850. The Morgan fingerprint density at radius 3 is 2.74 bits per heavy atom. The third-order valence-electron chi connectivity index (χ3n) is 2.80. The number of anilines is 1. The molecule has 1 aromatic carbocycles. The van der Waals surface area contributed by atoms with E-state index in [1.54, 1.807) is 18.4 Å². The van der Waals surface area contributed by atoms with Crippen LogP contribution in [0.1, 0.15) is 16.1 Å². The molecule has 0 atom stereocenters. The number of rotatable bonds is 2. The van der Waals surface area contributed by atoms with Crippen molar-refractivity contribution in [3.63, 3.8) is 0 Å². The molecule has 0 saturated heterocycles. The van der Waals surface area contributed by atoms with E-state index in [0.717, 1.165) is 20.0 Å². The van der Waals surface area contributed by atoms with E-state index in [1.165, 1.54) is 11.8 Å². The third kappa shape index (κ3) is 2.11. The molecule has 1 aromatic heterocycles. The maximum Gasteiger partial charge on any atom is 0.296 e. The number of Topliss-reactive ketones (excluding diaryl/α,β-unsaturated/α-hetero) is 1. The maximum atomic E-state index is 11.6. The molecule has 6 heteroatoms. The molecular weight excluding hydrogens is 330 g/mol. The fourth-order valence-corrected chi connectivity index (χ4v) is 3.29. The van der Waals surface area contributed by atoms with E-state index in [2.05, 4.69) is 21.2 Å². The highest BCUT2D eigenvalue weighted by Crippen LogP contribution is 2.39. The Labute approximate surface area is 121 Å². The first-order valence-electron chi connectivity index (χ1n) is 5.47. The van der Waals surface area contributed by atoms with Gasteiger partial charge in [0.15, 0.2) is 0 Å². The number of aryl methyl sites for hydroxylation is 1. The van der Waals surface area contributed by atoms with Gasteiger partial charge in [-0.15, -0.1) is 0 Å². The molecule has 2 heterocycles. The van der Waals surface area contributed by atoms with E-state index in [4.69, 9.17) is 4.42 Å². The molecule has 1 aliphatic heterocycles. The molecule has 96 valence electrons. The first-order valence-corrected chi connectivity index (χ1v) is 7.08. The van der Waals surface area contributed by atoms with Gasteiger partial charge >= 0.3 is 0 Å². The average molecular weight is 338 g/mol. The number of halogens is 1. The number of fused-ring (bicyclic) bond motifs is 1. The van der Waals surface area contributed by atoms with Crippen molar-refractivity contribution in [2.24, 2.45) is 0 Å². The van der Waals surface area contributed by atoms with Crippen molar-refractivity contribution in [1.82, 2.24) is 0 Å². The van der Waals surface area contributed by atoms with Crippen molar-refractivity contribution >= 4 is 45.1 Å². The second-order valence-electron chi connectivity index (χ2n) is 4.05. The highest BCUT2D eigenvalue weighted by atomic mass is 79.9. The largest absolute Gasteiger partial charge is 0.468 e. The molecule has 0 fully saturated rings. The first kappa shape index (κ1) is 12.5. The van der Waals surface area contributed by atoms with Crippen LogP contribution in [0.15, 0.2) is 43.1 Å². The molecule has 0 unspecified atom stereocenters. The Hall–Kier alpha value is -1.53. The number of ketones is 1. The van der Waals surface area contributed by atoms with Gasteiger partial charge in [0.25, 0.3) is 11.7 Å². The van der Waals surface area contributed by atoms with Gasteiger partial charge in [-0.2, -0.15) is 0 Å². The van der Waals surface area contributed by atoms with Crippen LogP contribution < -0.4 is 5.32 Å². The average Bonchev–Trinajstić information content (AvgIpc) is 2.88. The summed E-state index contributed by atoms with van der Waals surface area (Å²) in [6.07, 6.45) is 1.63. The number of hydrogen-bond acceptors (Lipinski definition) is 4. The van der Waals surface area contributed by atoms with Gasteiger partial charge in [0.2, 0.25) is 0 Å². The second-order valence-corrected chi connectivity index (χ2v) is 5.99. The zero-order valence-electron chi connectivity index (χ0n) is 9.82. The number of amides is 1. The number of hydrogen-bond donors (Lipinski definition) is 1. The Balaban J connectivity index is 2.01. The molecule has 0 spiro atoms. The summed E-state index contributed by atoms with van der Waals surface area (Å²) in [4.78, 5) is 24.8. The van der Waals surface area contributed by atoms with Crippen LogP contribution >= 0.6 is 27.7 Å². The summed E-state index contributed by atoms with van der Waals surface area (Å²) in [5.41, 5.74) is 0.965. The molecule has 1 amide bonds. The zero-order chi connectivity index (χ0) is 13.6. The maximum absolute atomic E-state index is 11.6. The van der Waals surface area contributed by atoms with Crippen molar-refractivity contribution in [3.8, 4) is 0 Å². The Bertz CT molecular complexity index is 708. The molecule has 19 heavy (non-hydrogen) atoms. The van der Waals surface area contributed by atoms with Crippen LogP contribution in [0.2, 0.25) is 0 Å². The molecule has 3 rings (SSSR count). The summed E-state index contributed by atoms with van der Waals surface area (Å²) in [5.74, 6) is -0.243. The standard InChI is InChI=1S/C13H8BrNO3S/c1-6-10(2-3-18-6)19-11-5-9-7(4-8(11)14)12(16)13(17)15-9/h2-5H,1H3,(H,15,16,17). The molecule has 0 radical (unpaired) electrons. The van der Waals surface area contributed by atoms with E-state index in [1.807, 2.05) is 13.0 Å². The van der Waals surface area contributed by atoms with Crippen LogP contribution in [-0.2, 0) is 4.79 Å². The van der Waals surface area contributed by atoms with Crippen molar-refractivity contribution < 1.29 is 14.0 Å². The Morgan fingerprint density at radius 2 is 2.05 bits per heavy atom. The lowest BCUT2D eigenvalue weighted by atomic mass is 10.1. The third-order valence-corrected chi connectivity index (χ3v) is 4.92. The number of furan rings is 1. The van der Waals surface area contributed by atoms with Crippen molar-refractivity contribution in [3.05, 3.63) is 40.3 Å². The lowest BCUT2D eigenvalue weighted by Crippen LogP contribution is -2.12. The molecule has 0 aliphatic carbocycles. The normalized spacial score (nSPS) is 13.6. The zero-order valence-corrected chi connectivity index (χ0v) is 12.2. The molecule has 1 aliphatic rings. The van der Waals surface area contributed by atoms with Crippen LogP contribution in [-0.4, -0.2) is 11.7 Å². The van der Waals surface area contributed by atoms with Crippen LogP contribution in [0, 0.1) is 6.92 Å². The Kier molecular flexibility index (Phi) is 2.99. The van der Waals surface area contributed by atoms with Gasteiger partial charge in [0.05, 0.1) is 22.4 Å². The van der Waals surface area contributed by atoms with Crippen LogP contribution in [0.3, 0.4) is 0 Å². The predicted octanol–water partition coefficient (Wildman–Crippen LogP) is 3.64. The minimum atomic E-state index is -0.580. The van der Waals surface area contributed by atoms with Crippen LogP contribution in [0.25, 0.3) is 0 Å². The monoisotopic (exact) mass is 337 g/mol. The molecule has 4 nitrogen and oxygen atoms in total. The number of carbonyl (C=O) groups is 2. The topological polar surface area (TPSA) is 59.3 Å². The van der Waals surface area contributed by atoms with Gasteiger partial charge in [0, 0.05) is 9.37 Å². The highest BCUT2D eigenvalue weighted by Gasteiger charge is 2.29. The van der Waals surface area contributed by atoms with E-state index in [9.17, 15) is 9.59 Å². The molecule has 0 bridgehead atoms. The fourth-order valence-electron chi connectivity index (χ4n) is 1.82. The summed E-state index contributed by atoms with van der Waals surface area (Å²) in [6.45, 7) is 1.88. The van der Waals surface area contributed by atoms with E-state index in [-0.39, 0.29) is 0 Å². The Morgan fingerprint density at radius 1 is 1.26 bits per heavy atom. The van der Waals surface area contributed by atoms with Gasteiger partial charge in [-0.1, -0.05) is 11.8 Å². The SMILES string of the molecule is Cc1occc1Sc1cc2c(cc1Br)C(=O)C(=O)N2. The van der Waals surface area contributed by atoms with Gasteiger partial charge in [-0.25, -0.2) is 0 Å². The van der Waals surface area contributed by atoms with Crippen molar-refractivity contribution in [2.75, 3.05) is 5.32 Å². The van der Waals surface area contributed by atoms with Gasteiger partial charge < -0.3 is 9.73 Å². The van der Waals surface area contributed by atoms with Crippen LogP contribution in [0.4, 0.5) is 5.69 Å². The lowest BCUT2D eigenvalue weighted by molar-refractivity contribution is -0.112. The summed E-state index contributed by atoms with van der Waals surface area (Å²) in [6, 6.07) is 5.34. The van der Waals surface area contributed by atoms with Crippen molar-refractivity contribution in [1.29, 1.82) is 0 Å². The van der Waals surface area contributed by atoms with E-state index >= 15 is 0 Å². The van der Waals surface area contributed by atoms with E-state index in [0.29, 0.717) is 11.3 Å². The van der Waals surface area contributed by atoms with Gasteiger partial charge in [-0.05, 0) is 41.1 Å². The van der Waals surface area contributed by atoms with Gasteiger partial charge in [-0.3, -0.25) is 9.59 Å². The smallest absolute Gasteiger partial charge is 0.296 e. The number of benzene rings is 1. The summed E-state index contributed by atoms with van der Waals surface area (Å²) in [5, 5.41) is 2.56. The number of nitrogens with one attached hydrogen (secondary N) is 1. The molecular formula is C13H8BrNO3S. The predicted molar refractivity (Wildman–Crippen MR) is 74.7 cm³/mol. The summed E-state index contributed by atoms with van der Waals surface area (Å²) < 4.78 is 6.02. The van der Waals surface area contributed by atoms with Crippen molar-refractivity contribution in [2.45, 2.75) is 16.7 Å². The minimum absolute atomic E-state index is 0.408. The molecule has 2 aromatic rings. The summed E-state index contributed by atoms with van der Waals surface area (Å²) in [7, 11) is 0. The first-order chi connectivity index (χ1) is 9.06. The van der Waals surface area contributed by atoms with Gasteiger partial charge in [0.1, 0.15) is 5.76 Å².